The smallest absolute Gasteiger partial charge is 0.311 e. The molecular formula is C12H9BrFNO2S. The monoisotopic (exact) mass is 329 g/mol. The molecule has 0 atom stereocenters. The summed E-state index contributed by atoms with van der Waals surface area (Å²) < 4.78 is 18.5. The maximum absolute atomic E-state index is 13.2. The fraction of sp³-hybridized carbons (Fsp3) is 0.167. The van der Waals surface area contributed by atoms with Crippen molar-refractivity contribution in [2.24, 2.45) is 0 Å². The van der Waals surface area contributed by atoms with E-state index in [2.05, 4.69) is 25.7 Å². The number of aromatic nitrogens is 1. The number of nitrogens with zero attached hydrogens (tertiary/aromatic N) is 1. The summed E-state index contributed by atoms with van der Waals surface area (Å²) in [6.07, 6.45) is 0.125. The topological polar surface area (TPSA) is 39.2 Å². The van der Waals surface area contributed by atoms with E-state index in [9.17, 15) is 9.18 Å². The molecule has 0 bridgehead atoms. The molecule has 0 radical (unpaired) electrons. The SMILES string of the molecule is COC(=O)Cc1csc(-c2cc(F)ccc2Br)n1. The maximum atomic E-state index is 13.2. The van der Waals surface area contributed by atoms with E-state index in [0.717, 1.165) is 4.47 Å². The molecule has 2 aromatic rings. The molecule has 0 aliphatic heterocycles. The fourth-order valence-electron chi connectivity index (χ4n) is 1.39. The van der Waals surface area contributed by atoms with Crippen LogP contribution in [-0.4, -0.2) is 18.1 Å². The number of thiazole rings is 1. The van der Waals surface area contributed by atoms with E-state index in [1.54, 1.807) is 11.4 Å². The molecule has 0 amide bonds. The maximum Gasteiger partial charge on any atom is 0.311 e. The molecule has 1 aromatic carbocycles. The average molecular weight is 330 g/mol. The first-order valence-electron chi connectivity index (χ1n) is 5.07. The van der Waals surface area contributed by atoms with Gasteiger partial charge in [0.2, 0.25) is 0 Å². The highest BCUT2D eigenvalue weighted by Crippen LogP contribution is 2.31. The highest BCUT2D eigenvalue weighted by molar-refractivity contribution is 9.10. The second-order valence-corrected chi connectivity index (χ2v) is 5.23. The van der Waals surface area contributed by atoms with Gasteiger partial charge in [0.05, 0.1) is 19.2 Å². The van der Waals surface area contributed by atoms with E-state index < -0.39 is 0 Å². The van der Waals surface area contributed by atoms with Crippen LogP contribution < -0.4 is 0 Å². The molecule has 94 valence electrons. The molecule has 3 nitrogen and oxygen atoms in total. The Hall–Kier alpha value is -1.27. The molecule has 0 fully saturated rings. The van der Waals surface area contributed by atoms with Gasteiger partial charge in [-0.25, -0.2) is 9.37 Å². The lowest BCUT2D eigenvalue weighted by Crippen LogP contribution is -2.04. The number of esters is 1. The molecular weight excluding hydrogens is 321 g/mol. The molecule has 0 saturated heterocycles. The zero-order chi connectivity index (χ0) is 13.1. The molecule has 0 aliphatic carbocycles. The van der Waals surface area contributed by atoms with Gasteiger partial charge in [-0.3, -0.25) is 4.79 Å². The van der Waals surface area contributed by atoms with Crippen LogP contribution in [-0.2, 0) is 16.0 Å². The predicted octanol–water partition coefficient (Wildman–Crippen LogP) is 3.43. The molecule has 18 heavy (non-hydrogen) atoms. The van der Waals surface area contributed by atoms with Crippen LogP contribution in [0.5, 0.6) is 0 Å². The Labute approximate surface area is 116 Å². The third kappa shape index (κ3) is 2.94. The lowest BCUT2D eigenvalue weighted by atomic mass is 10.2. The summed E-state index contributed by atoms with van der Waals surface area (Å²) in [6.45, 7) is 0. The Morgan fingerprint density at radius 2 is 2.33 bits per heavy atom. The number of hydrogen-bond donors (Lipinski definition) is 0. The van der Waals surface area contributed by atoms with Gasteiger partial charge in [-0.1, -0.05) is 15.9 Å². The summed E-state index contributed by atoms with van der Waals surface area (Å²) in [5.74, 6) is -0.664. The Morgan fingerprint density at radius 3 is 3.06 bits per heavy atom. The van der Waals surface area contributed by atoms with Gasteiger partial charge in [0.25, 0.3) is 0 Å². The molecule has 0 N–H and O–H groups in total. The van der Waals surface area contributed by atoms with Gasteiger partial charge >= 0.3 is 5.97 Å². The summed E-state index contributed by atoms with van der Waals surface area (Å²) >= 11 is 4.71. The third-order valence-electron chi connectivity index (χ3n) is 2.26. The minimum Gasteiger partial charge on any atom is -0.469 e. The van der Waals surface area contributed by atoms with Crippen LogP contribution in [0.2, 0.25) is 0 Å². The Balaban J connectivity index is 2.29. The average Bonchev–Trinajstić information content (AvgIpc) is 2.80. The van der Waals surface area contributed by atoms with Crippen LogP contribution in [0.1, 0.15) is 5.69 Å². The van der Waals surface area contributed by atoms with Gasteiger partial charge < -0.3 is 4.74 Å². The van der Waals surface area contributed by atoms with Gasteiger partial charge in [-0.2, -0.15) is 0 Å². The molecule has 1 aromatic heterocycles. The van der Waals surface area contributed by atoms with Gasteiger partial charge in [-0.15, -0.1) is 11.3 Å². The van der Waals surface area contributed by atoms with E-state index in [4.69, 9.17) is 0 Å². The van der Waals surface area contributed by atoms with Crippen molar-refractivity contribution in [2.75, 3.05) is 7.11 Å². The van der Waals surface area contributed by atoms with Gasteiger partial charge in [-0.05, 0) is 18.2 Å². The van der Waals surface area contributed by atoms with Crippen molar-refractivity contribution in [1.29, 1.82) is 0 Å². The minimum atomic E-state index is -0.342. The first-order chi connectivity index (χ1) is 8.60. The van der Waals surface area contributed by atoms with Crippen molar-refractivity contribution in [3.05, 3.63) is 39.6 Å². The molecule has 0 unspecified atom stereocenters. The van der Waals surface area contributed by atoms with Crippen molar-refractivity contribution in [1.82, 2.24) is 4.98 Å². The Bertz CT molecular complexity index is 585. The van der Waals surface area contributed by atoms with E-state index in [-0.39, 0.29) is 18.2 Å². The lowest BCUT2D eigenvalue weighted by molar-refractivity contribution is -0.139. The number of hydrogen-bond acceptors (Lipinski definition) is 4. The predicted molar refractivity (Wildman–Crippen MR) is 70.9 cm³/mol. The molecule has 0 spiro atoms. The normalized spacial score (nSPS) is 10.4. The molecule has 6 heteroatoms. The van der Waals surface area contributed by atoms with Crippen LogP contribution in [0.25, 0.3) is 10.6 Å². The number of benzene rings is 1. The van der Waals surface area contributed by atoms with Gasteiger partial charge in [0, 0.05) is 15.4 Å². The zero-order valence-corrected chi connectivity index (χ0v) is 11.8. The number of carbonyl (C=O) groups is 1. The van der Waals surface area contributed by atoms with Crippen LogP contribution in [0.15, 0.2) is 28.1 Å². The second kappa shape index (κ2) is 5.58. The van der Waals surface area contributed by atoms with E-state index in [1.165, 1.54) is 30.6 Å². The number of ether oxygens (including phenoxy) is 1. The first kappa shape index (κ1) is 13.2. The van der Waals surface area contributed by atoms with Crippen molar-refractivity contribution in [3.8, 4) is 10.6 Å². The van der Waals surface area contributed by atoms with E-state index >= 15 is 0 Å². The summed E-state index contributed by atoms with van der Waals surface area (Å²) in [5, 5.41) is 2.43. The fourth-order valence-corrected chi connectivity index (χ4v) is 2.81. The summed E-state index contributed by atoms with van der Waals surface area (Å²) in [6, 6.07) is 4.41. The van der Waals surface area contributed by atoms with Crippen LogP contribution >= 0.6 is 27.3 Å². The number of methoxy groups -OCH3 is 1. The van der Waals surface area contributed by atoms with Crippen molar-refractivity contribution in [2.45, 2.75) is 6.42 Å². The molecule has 1 heterocycles. The zero-order valence-electron chi connectivity index (χ0n) is 9.44. The largest absolute Gasteiger partial charge is 0.469 e. The minimum absolute atomic E-state index is 0.125. The van der Waals surface area contributed by atoms with E-state index in [0.29, 0.717) is 16.3 Å². The van der Waals surface area contributed by atoms with Gasteiger partial charge in [0.1, 0.15) is 10.8 Å². The lowest BCUT2D eigenvalue weighted by Gasteiger charge is -2.00. The Morgan fingerprint density at radius 1 is 1.56 bits per heavy atom. The van der Waals surface area contributed by atoms with Crippen LogP contribution in [0.4, 0.5) is 4.39 Å². The summed E-state index contributed by atoms with van der Waals surface area (Å²) in [7, 11) is 1.33. The highest BCUT2D eigenvalue weighted by Gasteiger charge is 2.11. The number of halogens is 2. The standard InChI is InChI=1S/C12H9BrFNO2S/c1-17-11(16)5-8-6-18-12(15-8)9-4-7(14)2-3-10(9)13/h2-4,6H,5H2,1H3. The number of carbonyl (C=O) groups excluding carboxylic acids is 1. The highest BCUT2D eigenvalue weighted by atomic mass is 79.9. The number of rotatable bonds is 3. The van der Waals surface area contributed by atoms with Crippen molar-refractivity contribution < 1.29 is 13.9 Å². The van der Waals surface area contributed by atoms with Crippen molar-refractivity contribution in [3.63, 3.8) is 0 Å². The summed E-state index contributed by atoms with van der Waals surface area (Å²) in [5.41, 5.74) is 1.30. The molecule has 0 saturated carbocycles. The third-order valence-corrected chi connectivity index (χ3v) is 3.88. The Kier molecular flexibility index (Phi) is 4.08. The van der Waals surface area contributed by atoms with Crippen LogP contribution in [0, 0.1) is 5.82 Å². The summed E-state index contributed by atoms with van der Waals surface area (Å²) in [4.78, 5) is 15.4. The first-order valence-corrected chi connectivity index (χ1v) is 6.74. The quantitative estimate of drug-likeness (QED) is 0.810. The second-order valence-electron chi connectivity index (χ2n) is 3.52. The van der Waals surface area contributed by atoms with Crippen molar-refractivity contribution >= 4 is 33.2 Å². The van der Waals surface area contributed by atoms with Gasteiger partial charge in [0.15, 0.2) is 0 Å². The van der Waals surface area contributed by atoms with E-state index in [1.807, 2.05) is 0 Å². The molecule has 2 rings (SSSR count). The van der Waals surface area contributed by atoms with Crippen LogP contribution in [0.3, 0.4) is 0 Å². The molecule has 0 aliphatic rings.